The van der Waals surface area contributed by atoms with E-state index in [2.05, 4.69) is 10.6 Å². The van der Waals surface area contributed by atoms with E-state index in [1.165, 1.54) is 12.8 Å². The van der Waals surface area contributed by atoms with Crippen LogP contribution >= 0.6 is 0 Å². The summed E-state index contributed by atoms with van der Waals surface area (Å²) in [5.41, 5.74) is 0. The van der Waals surface area contributed by atoms with Crippen LogP contribution in [0.2, 0.25) is 0 Å². The molecule has 1 saturated heterocycles. The number of hydrogen-bond donors (Lipinski definition) is 2. The third-order valence-corrected chi connectivity index (χ3v) is 2.31. The highest BCUT2D eigenvalue weighted by molar-refractivity contribution is 5.77. The molecule has 0 aromatic rings. The molecule has 0 spiro atoms. The number of carbonyl (C=O) groups is 1. The van der Waals surface area contributed by atoms with Crippen LogP contribution in [-0.4, -0.2) is 38.3 Å². The minimum atomic E-state index is 0.0586. The van der Waals surface area contributed by atoms with Crippen LogP contribution in [0.4, 0.5) is 0 Å². The van der Waals surface area contributed by atoms with E-state index in [-0.39, 0.29) is 5.91 Å². The number of amides is 1. The fourth-order valence-corrected chi connectivity index (χ4v) is 1.57. The molecule has 4 heteroatoms. The standard InChI is InChI=1S/C10H20N2O2/c1-2-12-10(13)8-11-7-9-5-3-4-6-14-9/h9,11H,2-8H2,1H3,(H,12,13). The Labute approximate surface area is 85.4 Å². The first-order valence-corrected chi connectivity index (χ1v) is 5.42. The summed E-state index contributed by atoms with van der Waals surface area (Å²) in [5, 5.41) is 5.84. The summed E-state index contributed by atoms with van der Waals surface area (Å²) < 4.78 is 5.53. The lowest BCUT2D eigenvalue weighted by atomic mass is 10.1. The fourth-order valence-electron chi connectivity index (χ4n) is 1.57. The van der Waals surface area contributed by atoms with Crippen LogP contribution in [-0.2, 0) is 9.53 Å². The molecule has 14 heavy (non-hydrogen) atoms. The van der Waals surface area contributed by atoms with Gasteiger partial charge in [-0.05, 0) is 26.2 Å². The Balaban J connectivity index is 1.99. The van der Waals surface area contributed by atoms with Gasteiger partial charge in [-0.3, -0.25) is 4.79 Å². The van der Waals surface area contributed by atoms with Crippen molar-refractivity contribution in [3.05, 3.63) is 0 Å². The number of rotatable bonds is 5. The maximum absolute atomic E-state index is 11.1. The summed E-state index contributed by atoms with van der Waals surface area (Å²) in [4.78, 5) is 11.1. The Morgan fingerprint density at radius 2 is 2.36 bits per heavy atom. The molecular weight excluding hydrogens is 180 g/mol. The second-order valence-electron chi connectivity index (χ2n) is 3.57. The second kappa shape index (κ2) is 6.79. The molecule has 1 unspecified atom stereocenters. The Morgan fingerprint density at radius 1 is 1.50 bits per heavy atom. The molecule has 1 aliphatic heterocycles. The SMILES string of the molecule is CCNC(=O)CNCC1CCCCO1. The lowest BCUT2D eigenvalue weighted by Crippen LogP contribution is -2.38. The molecule has 0 aliphatic carbocycles. The summed E-state index contributed by atoms with van der Waals surface area (Å²) in [6.45, 7) is 4.67. The highest BCUT2D eigenvalue weighted by Crippen LogP contribution is 2.11. The lowest BCUT2D eigenvalue weighted by molar-refractivity contribution is -0.120. The topological polar surface area (TPSA) is 50.4 Å². The number of ether oxygens (including phenoxy) is 1. The quantitative estimate of drug-likeness (QED) is 0.670. The Hall–Kier alpha value is -0.610. The molecule has 1 heterocycles. The van der Waals surface area contributed by atoms with Crippen LogP contribution in [0.3, 0.4) is 0 Å². The van der Waals surface area contributed by atoms with Gasteiger partial charge in [-0.25, -0.2) is 0 Å². The van der Waals surface area contributed by atoms with E-state index in [1.54, 1.807) is 0 Å². The highest BCUT2D eigenvalue weighted by Gasteiger charge is 2.13. The van der Waals surface area contributed by atoms with Crippen molar-refractivity contribution in [3.8, 4) is 0 Å². The molecule has 0 aromatic carbocycles. The van der Waals surface area contributed by atoms with E-state index in [0.29, 0.717) is 19.2 Å². The number of nitrogens with one attached hydrogen (secondary N) is 2. The van der Waals surface area contributed by atoms with Crippen molar-refractivity contribution in [2.75, 3.05) is 26.2 Å². The van der Waals surface area contributed by atoms with Crippen LogP contribution in [0.5, 0.6) is 0 Å². The lowest BCUT2D eigenvalue weighted by Gasteiger charge is -2.22. The molecule has 2 N–H and O–H groups in total. The van der Waals surface area contributed by atoms with Crippen LogP contribution in [0.1, 0.15) is 26.2 Å². The van der Waals surface area contributed by atoms with Crippen molar-refractivity contribution >= 4 is 5.91 Å². The zero-order valence-corrected chi connectivity index (χ0v) is 8.84. The van der Waals surface area contributed by atoms with Gasteiger partial charge in [0.2, 0.25) is 5.91 Å². The molecular formula is C10H20N2O2. The largest absolute Gasteiger partial charge is 0.377 e. The van der Waals surface area contributed by atoms with Gasteiger partial charge < -0.3 is 15.4 Å². The number of likely N-dealkylation sites (N-methyl/N-ethyl adjacent to an activating group) is 1. The van der Waals surface area contributed by atoms with Gasteiger partial charge in [-0.15, -0.1) is 0 Å². The Bertz CT molecular complexity index is 168. The van der Waals surface area contributed by atoms with Gasteiger partial charge in [0.25, 0.3) is 0 Å². The molecule has 0 aromatic heterocycles. The summed E-state index contributed by atoms with van der Waals surface area (Å²) in [7, 11) is 0. The monoisotopic (exact) mass is 200 g/mol. The first-order valence-electron chi connectivity index (χ1n) is 5.42. The van der Waals surface area contributed by atoms with E-state index in [0.717, 1.165) is 19.6 Å². The van der Waals surface area contributed by atoms with Gasteiger partial charge in [0.05, 0.1) is 12.6 Å². The van der Waals surface area contributed by atoms with Crippen molar-refractivity contribution in [3.63, 3.8) is 0 Å². The van der Waals surface area contributed by atoms with Crippen LogP contribution in [0, 0.1) is 0 Å². The summed E-state index contributed by atoms with van der Waals surface area (Å²) in [6.07, 6.45) is 3.83. The molecule has 1 amide bonds. The zero-order valence-electron chi connectivity index (χ0n) is 8.84. The second-order valence-corrected chi connectivity index (χ2v) is 3.57. The molecule has 0 radical (unpaired) electrons. The maximum atomic E-state index is 11.1. The van der Waals surface area contributed by atoms with Gasteiger partial charge in [-0.2, -0.15) is 0 Å². The minimum absolute atomic E-state index is 0.0586. The van der Waals surface area contributed by atoms with Crippen LogP contribution in [0.25, 0.3) is 0 Å². The van der Waals surface area contributed by atoms with Crippen molar-refractivity contribution in [2.24, 2.45) is 0 Å². The number of hydrogen-bond acceptors (Lipinski definition) is 3. The third-order valence-electron chi connectivity index (χ3n) is 2.31. The average molecular weight is 200 g/mol. The van der Waals surface area contributed by atoms with Gasteiger partial charge in [0.1, 0.15) is 0 Å². The molecule has 1 fully saturated rings. The normalized spacial score (nSPS) is 21.9. The molecule has 1 atom stereocenters. The fraction of sp³-hybridized carbons (Fsp3) is 0.900. The van der Waals surface area contributed by atoms with Crippen molar-refractivity contribution < 1.29 is 9.53 Å². The third kappa shape index (κ3) is 4.58. The minimum Gasteiger partial charge on any atom is -0.377 e. The predicted octanol–water partition coefficient (Wildman–Crippen LogP) is 0.281. The summed E-state index contributed by atoms with van der Waals surface area (Å²) in [6, 6.07) is 0. The van der Waals surface area contributed by atoms with Gasteiger partial charge in [-0.1, -0.05) is 0 Å². The molecule has 1 aliphatic rings. The molecule has 4 nitrogen and oxygen atoms in total. The van der Waals surface area contributed by atoms with E-state index in [1.807, 2.05) is 6.92 Å². The van der Waals surface area contributed by atoms with Crippen LogP contribution in [0.15, 0.2) is 0 Å². The first kappa shape index (κ1) is 11.5. The van der Waals surface area contributed by atoms with Gasteiger partial charge in [0.15, 0.2) is 0 Å². The maximum Gasteiger partial charge on any atom is 0.233 e. The van der Waals surface area contributed by atoms with Gasteiger partial charge in [0, 0.05) is 19.7 Å². The van der Waals surface area contributed by atoms with Crippen LogP contribution < -0.4 is 10.6 Å². The number of carbonyl (C=O) groups excluding carboxylic acids is 1. The van der Waals surface area contributed by atoms with Crippen molar-refractivity contribution in [2.45, 2.75) is 32.3 Å². The predicted molar refractivity (Wildman–Crippen MR) is 55.1 cm³/mol. The molecule has 0 bridgehead atoms. The van der Waals surface area contributed by atoms with Crippen molar-refractivity contribution in [1.29, 1.82) is 0 Å². The molecule has 82 valence electrons. The summed E-state index contributed by atoms with van der Waals surface area (Å²) in [5.74, 6) is 0.0586. The van der Waals surface area contributed by atoms with E-state index >= 15 is 0 Å². The molecule has 1 rings (SSSR count). The van der Waals surface area contributed by atoms with Crippen molar-refractivity contribution in [1.82, 2.24) is 10.6 Å². The first-order chi connectivity index (χ1) is 6.83. The zero-order chi connectivity index (χ0) is 10.2. The van der Waals surface area contributed by atoms with E-state index in [9.17, 15) is 4.79 Å². The Kier molecular flexibility index (Phi) is 5.56. The van der Waals surface area contributed by atoms with E-state index in [4.69, 9.17) is 4.74 Å². The Morgan fingerprint density at radius 3 is 3.00 bits per heavy atom. The smallest absolute Gasteiger partial charge is 0.233 e. The summed E-state index contributed by atoms with van der Waals surface area (Å²) >= 11 is 0. The highest BCUT2D eigenvalue weighted by atomic mass is 16.5. The average Bonchev–Trinajstić information content (AvgIpc) is 2.20. The van der Waals surface area contributed by atoms with Gasteiger partial charge >= 0.3 is 0 Å². The molecule has 0 saturated carbocycles. The van der Waals surface area contributed by atoms with E-state index < -0.39 is 0 Å².